The predicted octanol–water partition coefficient (Wildman–Crippen LogP) is 2.09. The number of hydrogen-bond acceptors (Lipinski definition) is 4. The van der Waals surface area contributed by atoms with Crippen molar-refractivity contribution in [2.24, 2.45) is 5.92 Å². The third-order valence-electron chi connectivity index (χ3n) is 3.07. The molecule has 1 aromatic carbocycles. The molecule has 1 aromatic rings. The summed E-state index contributed by atoms with van der Waals surface area (Å²) < 4.78 is 0. The topological polar surface area (TPSA) is 92.5 Å². The number of halogens is 1. The first kappa shape index (κ1) is 17.9. The van der Waals surface area contributed by atoms with Crippen molar-refractivity contribution in [3.63, 3.8) is 0 Å². The Labute approximate surface area is 133 Å². The van der Waals surface area contributed by atoms with Gasteiger partial charge in [-0.3, -0.25) is 19.7 Å². The Balaban J connectivity index is 3.03. The molecule has 0 aliphatic heterocycles. The van der Waals surface area contributed by atoms with Gasteiger partial charge in [0.25, 0.3) is 11.6 Å². The lowest BCUT2D eigenvalue weighted by atomic mass is 10.0. The summed E-state index contributed by atoms with van der Waals surface area (Å²) in [6, 6.07) is 3.04. The number of amides is 2. The van der Waals surface area contributed by atoms with Crippen molar-refractivity contribution in [2.45, 2.75) is 19.9 Å². The monoisotopic (exact) mass is 327 g/mol. The number of nitrogens with one attached hydrogen (secondary N) is 1. The van der Waals surface area contributed by atoms with E-state index in [2.05, 4.69) is 5.32 Å². The molecular weight excluding hydrogens is 310 g/mol. The molecular formula is C14H18ClN3O4. The predicted molar refractivity (Wildman–Crippen MR) is 82.9 cm³/mol. The fourth-order valence-corrected chi connectivity index (χ4v) is 2.00. The summed E-state index contributed by atoms with van der Waals surface area (Å²) in [6.07, 6.45) is 0. The van der Waals surface area contributed by atoms with E-state index in [-0.39, 0.29) is 28.1 Å². The maximum Gasteiger partial charge on any atom is 0.288 e. The molecule has 7 nitrogen and oxygen atoms in total. The van der Waals surface area contributed by atoms with E-state index in [1.165, 1.54) is 17.0 Å². The lowest BCUT2D eigenvalue weighted by Crippen LogP contribution is -2.49. The van der Waals surface area contributed by atoms with Crippen molar-refractivity contribution < 1.29 is 14.5 Å². The number of carbonyl (C=O) groups excluding carboxylic acids is 2. The number of nitro groups is 1. The lowest BCUT2D eigenvalue weighted by Gasteiger charge is -2.24. The number of likely N-dealkylation sites (N-methyl/N-ethyl adjacent to an activating group) is 1. The molecule has 1 N–H and O–H groups in total. The molecule has 0 bridgehead atoms. The average Bonchev–Trinajstić information content (AvgIpc) is 2.43. The Kier molecular flexibility index (Phi) is 5.87. The molecule has 0 radical (unpaired) electrons. The Morgan fingerprint density at radius 3 is 2.36 bits per heavy atom. The van der Waals surface area contributed by atoms with Crippen LogP contribution in [0.25, 0.3) is 0 Å². The summed E-state index contributed by atoms with van der Waals surface area (Å²) in [4.78, 5) is 35.9. The summed E-state index contributed by atoms with van der Waals surface area (Å²) >= 11 is 5.71. The van der Waals surface area contributed by atoms with E-state index in [4.69, 9.17) is 11.6 Å². The van der Waals surface area contributed by atoms with Gasteiger partial charge in [-0.2, -0.15) is 0 Å². The molecule has 0 heterocycles. The average molecular weight is 328 g/mol. The zero-order chi connectivity index (χ0) is 17.0. The van der Waals surface area contributed by atoms with Gasteiger partial charge < -0.3 is 10.2 Å². The van der Waals surface area contributed by atoms with Crippen LogP contribution in [0.15, 0.2) is 18.2 Å². The highest BCUT2D eigenvalue weighted by atomic mass is 35.5. The molecule has 22 heavy (non-hydrogen) atoms. The van der Waals surface area contributed by atoms with Gasteiger partial charge in [-0.25, -0.2) is 0 Å². The Bertz CT molecular complexity index is 602. The van der Waals surface area contributed by atoms with E-state index < -0.39 is 16.9 Å². The summed E-state index contributed by atoms with van der Waals surface area (Å²) in [6.45, 7) is 3.60. The van der Waals surface area contributed by atoms with Gasteiger partial charge in [0.15, 0.2) is 0 Å². The highest BCUT2D eigenvalue weighted by Gasteiger charge is 2.26. The van der Waals surface area contributed by atoms with Crippen LogP contribution in [0.1, 0.15) is 24.2 Å². The second kappa shape index (κ2) is 7.22. The van der Waals surface area contributed by atoms with E-state index in [9.17, 15) is 19.7 Å². The summed E-state index contributed by atoms with van der Waals surface area (Å²) in [5, 5.41) is 13.4. The van der Waals surface area contributed by atoms with E-state index in [1.807, 2.05) is 0 Å². The normalized spacial score (nSPS) is 11.9. The molecule has 1 atom stereocenters. The van der Waals surface area contributed by atoms with Gasteiger partial charge in [-0.1, -0.05) is 25.4 Å². The van der Waals surface area contributed by atoms with Crippen LogP contribution in [-0.4, -0.2) is 41.8 Å². The van der Waals surface area contributed by atoms with E-state index in [0.29, 0.717) is 0 Å². The Morgan fingerprint density at radius 1 is 1.32 bits per heavy atom. The first-order valence-corrected chi connectivity index (χ1v) is 6.99. The summed E-state index contributed by atoms with van der Waals surface area (Å²) in [5.41, 5.74) is -0.275. The van der Waals surface area contributed by atoms with Crippen LogP contribution >= 0.6 is 11.6 Å². The second-order valence-corrected chi connectivity index (χ2v) is 5.76. The van der Waals surface area contributed by atoms with Gasteiger partial charge in [-0.05, 0) is 18.1 Å². The molecule has 0 aromatic heterocycles. The van der Waals surface area contributed by atoms with Crippen molar-refractivity contribution >= 4 is 29.1 Å². The maximum atomic E-state index is 12.2. The van der Waals surface area contributed by atoms with E-state index in [1.54, 1.807) is 27.9 Å². The van der Waals surface area contributed by atoms with Crippen LogP contribution in [0.3, 0.4) is 0 Å². The number of hydrogen-bond donors (Lipinski definition) is 1. The molecule has 0 aliphatic rings. The first-order valence-electron chi connectivity index (χ1n) is 6.61. The molecule has 0 fully saturated rings. The molecule has 0 unspecified atom stereocenters. The quantitative estimate of drug-likeness (QED) is 0.662. The van der Waals surface area contributed by atoms with Crippen molar-refractivity contribution in [3.8, 4) is 0 Å². The standard InChI is InChI=1S/C14H18ClN3O4/c1-8(2)12(14(20)17(3)4)16-13(19)9-5-6-10(15)11(7-9)18(21)22/h5-8,12H,1-4H3,(H,16,19)/t12-/m0/s1. The Morgan fingerprint density at radius 2 is 1.91 bits per heavy atom. The number of nitrogens with zero attached hydrogens (tertiary/aromatic N) is 2. The maximum absolute atomic E-state index is 12.2. The van der Waals surface area contributed by atoms with Crippen molar-refractivity contribution in [1.82, 2.24) is 10.2 Å². The third kappa shape index (κ3) is 4.17. The molecule has 0 spiro atoms. The molecule has 0 aliphatic carbocycles. The SMILES string of the molecule is CC(C)[C@H](NC(=O)c1ccc(Cl)c([N+](=O)[O-])c1)C(=O)N(C)C. The first-order chi connectivity index (χ1) is 10.1. The van der Waals surface area contributed by atoms with Crippen LogP contribution in [0.2, 0.25) is 5.02 Å². The molecule has 0 saturated carbocycles. The van der Waals surface area contributed by atoms with Gasteiger partial charge in [0, 0.05) is 25.7 Å². The van der Waals surface area contributed by atoms with Gasteiger partial charge in [0.1, 0.15) is 11.1 Å². The number of carbonyl (C=O) groups is 2. The van der Waals surface area contributed by atoms with Crippen LogP contribution in [0, 0.1) is 16.0 Å². The highest BCUT2D eigenvalue weighted by molar-refractivity contribution is 6.32. The van der Waals surface area contributed by atoms with Crippen LogP contribution in [0.4, 0.5) is 5.69 Å². The van der Waals surface area contributed by atoms with Crippen molar-refractivity contribution in [2.75, 3.05) is 14.1 Å². The number of nitro benzene ring substituents is 1. The fraction of sp³-hybridized carbons (Fsp3) is 0.429. The molecule has 120 valence electrons. The largest absolute Gasteiger partial charge is 0.347 e. The molecule has 1 rings (SSSR count). The lowest BCUT2D eigenvalue weighted by molar-refractivity contribution is -0.384. The minimum absolute atomic E-state index is 0.0497. The van der Waals surface area contributed by atoms with Crippen LogP contribution < -0.4 is 5.32 Å². The number of rotatable bonds is 5. The minimum atomic E-state index is -0.711. The van der Waals surface area contributed by atoms with Crippen LogP contribution in [-0.2, 0) is 4.79 Å². The molecule has 8 heteroatoms. The van der Waals surface area contributed by atoms with E-state index >= 15 is 0 Å². The van der Waals surface area contributed by atoms with Crippen molar-refractivity contribution in [1.29, 1.82) is 0 Å². The summed E-state index contributed by atoms with van der Waals surface area (Å²) in [5.74, 6) is -0.929. The zero-order valence-corrected chi connectivity index (χ0v) is 13.5. The smallest absolute Gasteiger partial charge is 0.288 e. The molecule has 0 saturated heterocycles. The van der Waals surface area contributed by atoms with Crippen LogP contribution in [0.5, 0.6) is 0 Å². The van der Waals surface area contributed by atoms with Gasteiger partial charge >= 0.3 is 0 Å². The zero-order valence-electron chi connectivity index (χ0n) is 12.8. The molecule has 2 amide bonds. The second-order valence-electron chi connectivity index (χ2n) is 5.35. The minimum Gasteiger partial charge on any atom is -0.347 e. The number of benzene rings is 1. The highest BCUT2D eigenvalue weighted by Crippen LogP contribution is 2.25. The van der Waals surface area contributed by atoms with Gasteiger partial charge in [-0.15, -0.1) is 0 Å². The Hall–Kier alpha value is -2.15. The van der Waals surface area contributed by atoms with E-state index in [0.717, 1.165) is 6.07 Å². The van der Waals surface area contributed by atoms with Gasteiger partial charge in [0.2, 0.25) is 5.91 Å². The van der Waals surface area contributed by atoms with Crippen molar-refractivity contribution in [3.05, 3.63) is 38.9 Å². The summed E-state index contributed by atoms with van der Waals surface area (Å²) in [7, 11) is 3.19. The van der Waals surface area contributed by atoms with Gasteiger partial charge in [0.05, 0.1) is 4.92 Å². The fourth-order valence-electron chi connectivity index (χ4n) is 1.81. The third-order valence-corrected chi connectivity index (χ3v) is 3.38.